The van der Waals surface area contributed by atoms with E-state index in [4.69, 9.17) is 9.84 Å². The van der Waals surface area contributed by atoms with Crippen LogP contribution in [0.1, 0.15) is 21.2 Å². The van der Waals surface area contributed by atoms with E-state index in [9.17, 15) is 22.3 Å². The lowest BCUT2D eigenvalue weighted by Gasteiger charge is -2.27. The zero-order valence-corrected chi connectivity index (χ0v) is 17.2. The van der Waals surface area contributed by atoms with Crippen LogP contribution < -0.4 is 5.32 Å². The summed E-state index contributed by atoms with van der Waals surface area (Å²) in [6, 6.07) is 12.2. The summed E-state index contributed by atoms with van der Waals surface area (Å²) in [6.45, 7) is 0.364. The Morgan fingerprint density at radius 2 is 1.83 bits per heavy atom. The summed E-state index contributed by atoms with van der Waals surface area (Å²) in [4.78, 5) is 12.8. The molecule has 1 aliphatic heterocycles. The summed E-state index contributed by atoms with van der Waals surface area (Å²) in [5.41, 5.74) is 0.219. The lowest BCUT2D eigenvalue weighted by atomic mass is 10.0. The number of hydrogen-bond acceptors (Lipinski definition) is 7. The van der Waals surface area contributed by atoms with E-state index in [1.165, 1.54) is 30.3 Å². The molecule has 0 fully saturated rings. The highest BCUT2D eigenvalue weighted by atomic mass is 32.3. The van der Waals surface area contributed by atoms with E-state index in [1.807, 2.05) is 0 Å². The summed E-state index contributed by atoms with van der Waals surface area (Å²) in [6.07, 6.45) is 0. The highest BCUT2D eigenvalue weighted by Crippen LogP contribution is 2.62. The van der Waals surface area contributed by atoms with E-state index in [1.54, 1.807) is 18.2 Å². The lowest BCUT2D eigenvalue weighted by Crippen LogP contribution is -2.29. The van der Waals surface area contributed by atoms with Crippen LogP contribution in [0.2, 0.25) is 0 Å². The molecule has 0 radical (unpaired) electrons. The van der Waals surface area contributed by atoms with Gasteiger partial charge in [-0.15, -0.1) is 0 Å². The molecule has 158 valence electrons. The third kappa shape index (κ3) is 4.47. The van der Waals surface area contributed by atoms with Crippen molar-refractivity contribution in [3.8, 4) is 0 Å². The fourth-order valence-electron chi connectivity index (χ4n) is 3.26. The number of aliphatic hydroxyl groups excluding tert-OH is 1. The fraction of sp³-hybridized carbons (Fsp3) is 0.316. The van der Waals surface area contributed by atoms with Crippen molar-refractivity contribution in [2.75, 3.05) is 32.1 Å². The Bertz CT molecular complexity index is 977. The molecule has 1 amide bonds. The summed E-state index contributed by atoms with van der Waals surface area (Å²) in [7, 11) is -7.29. The van der Waals surface area contributed by atoms with Gasteiger partial charge in [0.2, 0.25) is 0 Å². The standard InChI is InChI=1S/C19H23NO7S2/c21-10-12-27-11-9-20-19(22)15-7-4-8-16-18(15)17(13-28(16,23)24)29(25,26)14-5-2-1-3-6-14/h1-8,17,21,23-24H,9-13H2,(H,20,22). The second-order valence-corrected chi connectivity index (χ2v) is 10.7. The zero-order chi connectivity index (χ0) is 21.1. The average molecular weight is 442 g/mol. The minimum atomic E-state index is -3.94. The van der Waals surface area contributed by atoms with Crippen LogP contribution in [0.25, 0.3) is 0 Å². The van der Waals surface area contributed by atoms with Gasteiger partial charge in [0.05, 0.1) is 35.4 Å². The summed E-state index contributed by atoms with van der Waals surface area (Å²) in [5, 5.41) is 10.1. The van der Waals surface area contributed by atoms with Gasteiger partial charge in [-0.3, -0.25) is 13.9 Å². The highest BCUT2D eigenvalue weighted by Gasteiger charge is 2.45. The largest absolute Gasteiger partial charge is 0.394 e. The van der Waals surface area contributed by atoms with Crippen molar-refractivity contribution in [2.45, 2.75) is 15.0 Å². The Hall–Kier alpha value is -1.95. The van der Waals surface area contributed by atoms with Crippen LogP contribution in [0.5, 0.6) is 0 Å². The maximum Gasteiger partial charge on any atom is 0.251 e. The number of benzene rings is 2. The first-order valence-electron chi connectivity index (χ1n) is 8.93. The van der Waals surface area contributed by atoms with E-state index in [2.05, 4.69) is 5.32 Å². The summed E-state index contributed by atoms with van der Waals surface area (Å²) in [5.74, 6) is -0.913. The van der Waals surface area contributed by atoms with Crippen LogP contribution in [0, 0.1) is 0 Å². The topological polar surface area (TPSA) is 133 Å². The SMILES string of the molecule is O=C(NCCOCCO)c1cccc2c1C(S(=O)(=O)c1ccccc1)CS2(O)O. The minimum absolute atomic E-state index is 0.0562. The number of ether oxygens (including phenoxy) is 1. The fourth-order valence-corrected chi connectivity index (χ4v) is 7.72. The quantitative estimate of drug-likeness (QED) is 0.461. The Balaban J connectivity index is 1.95. The molecule has 4 N–H and O–H groups in total. The van der Waals surface area contributed by atoms with Crippen LogP contribution >= 0.6 is 10.6 Å². The second-order valence-electron chi connectivity index (χ2n) is 6.49. The van der Waals surface area contributed by atoms with Gasteiger partial charge in [-0.05, 0) is 24.3 Å². The number of amides is 1. The van der Waals surface area contributed by atoms with E-state index >= 15 is 0 Å². The molecular formula is C19H23NO7S2. The molecule has 1 heterocycles. The zero-order valence-electron chi connectivity index (χ0n) is 15.5. The van der Waals surface area contributed by atoms with Crippen molar-refractivity contribution >= 4 is 26.3 Å². The normalized spacial score (nSPS) is 18.8. The van der Waals surface area contributed by atoms with Gasteiger partial charge in [-0.2, -0.15) is 10.6 Å². The molecule has 2 aromatic carbocycles. The van der Waals surface area contributed by atoms with Crippen LogP contribution in [-0.2, 0) is 14.6 Å². The maximum atomic E-state index is 13.2. The van der Waals surface area contributed by atoms with Crippen molar-refractivity contribution in [1.82, 2.24) is 5.32 Å². The monoisotopic (exact) mass is 441 g/mol. The van der Waals surface area contributed by atoms with Crippen molar-refractivity contribution in [3.05, 3.63) is 59.7 Å². The average Bonchev–Trinajstić information content (AvgIpc) is 3.00. The van der Waals surface area contributed by atoms with Crippen LogP contribution in [0.4, 0.5) is 0 Å². The Labute approximate surface area is 170 Å². The number of fused-ring (bicyclic) bond motifs is 1. The lowest BCUT2D eigenvalue weighted by molar-refractivity contribution is 0.0837. The van der Waals surface area contributed by atoms with Gasteiger partial charge in [0.25, 0.3) is 5.91 Å². The Morgan fingerprint density at radius 3 is 2.52 bits per heavy atom. The van der Waals surface area contributed by atoms with Gasteiger partial charge in [-0.25, -0.2) is 8.42 Å². The van der Waals surface area contributed by atoms with Crippen LogP contribution in [0.15, 0.2) is 58.3 Å². The van der Waals surface area contributed by atoms with Crippen molar-refractivity contribution in [2.24, 2.45) is 0 Å². The maximum absolute atomic E-state index is 13.2. The molecule has 1 atom stereocenters. The number of sulfone groups is 1. The van der Waals surface area contributed by atoms with Gasteiger partial charge in [-0.1, -0.05) is 24.3 Å². The van der Waals surface area contributed by atoms with Crippen LogP contribution in [0.3, 0.4) is 0 Å². The molecule has 1 unspecified atom stereocenters. The van der Waals surface area contributed by atoms with E-state index in [0.717, 1.165) is 0 Å². The number of aliphatic hydroxyl groups is 1. The Kier molecular flexibility index (Phi) is 6.62. The molecule has 0 saturated heterocycles. The van der Waals surface area contributed by atoms with Gasteiger partial charge in [0.1, 0.15) is 5.25 Å². The molecule has 2 aromatic rings. The second kappa shape index (κ2) is 8.82. The molecule has 0 aromatic heterocycles. The molecule has 0 saturated carbocycles. The Morgan fingerprint density at radius 1 is 1.10 bits per heavy atom. The van der Waals surface area contributed by atoms with Crippen molar-refractivity contribution in [1.29, 1.82) is 0 Å². The smallest absolute Gasteiger partial charge is 0.251 e. The van der Waals surface area contributed by atoms with E-state index in [-0.39, 0.29) is 53.0 Å². The first-order valence-corrected chi connectivity index (χ1v) is 12.2. The number of carbonyl (C=O) groups is 1. The van der Waals surface area contributed by atoms with Crippen LogP contribution in [-0.4, -0.2) is 60.7 Å². The van der Waals surface area contributed by atoms with Gasteiger partial charge >= 0.3 is 0 Å². The van der Waals surface area contributed by atoms with E-state index in [0.29, 0.717) is 0 Å². The molecule has 0 aliphatic carbocycles. The summed E-state index contributed by atoms with van der Waals surface area (Å²) < 4.78 is 52.5. The highest BCUT2D eigenvalue weighted by molar-refractivity contribution is 8.25. The first kappa shape index (κ1) is 21.8. The van der Waals surface area contributed by atoms with Gasteiger partial charge < -0.3 is 15.2 Å². The van der Waals surface area contributed by atoms with Gasteiger partial charge in [0, 0.05) is 17.7 Å². The third-order valence-corrected chi connectivity index (χ3v) is 8.73. The molecule has 0 spiro atoms. The molecule has 1 aliphatic rings. The molecule has 8 nitrogen and oxygen atoms in total. The van der Waals surface area contributed by atoms with Gasteiger partial charge in [0.15, 0.2) is 9.84 Å². The molecule has 29 heavy (non-hydrogen) atoms. The molecule has 3 rings (SSSR count). The predicted octanol–water partition coefficient (Wildman–Crippen LogP) is 2.06. The number of carbonyl (C=O) groups excluding carboxylic acids is 1. The number of rotatable bonds is 8. The van der Waals surface area contributed by atoms with Crippen molar-refractivity contribution < 1.29 is 32.2 Å². The predicted molar refractivity (Wildman–Crippen MR) is 109 cm³/mol. The molecule has 10 heteroatoms. The first-order chi connectivity index (χ1) is 13.8. The number of hydrogen-bond donors (Lipinski definition) is 4. The number of nitrogens with one attached hydrogen (secondary N) is 1. The molecule has 0 bridgehead atoms. The minimum Gasteiger partial charge on any atom is -0.394 e. The van der Waals surface area contributed by atoms with E-state index < -0.39 is 31.6 Å². The molecular weight excluding hydrogens is 418 g/mol. The summed E-state index contributed by atoms with van der Waals surface area (Å²) >= 11 is 0. The van der Waals surface area contributed by atoms with Crippen molar-refractivity contribution in [3.63, 3.8) is 0 Å². The third-order valence-electron chi connectivity index (χ3n) is 4.58.